The molecule has 0 radical (unpaired) electrons. The van der Waals surface area contributed by atoms with E-state index in [4.69, 9.17) is 4.98 Å². The van der Waals surface area contributed by atoms with E-state index in [1.165, 1.54) is 27.7 Å². The van der Waals surface area contributed by atoms with Gasteiger partial charge in [-0.15, -0.1) is 0 Å². The van der Waals surface area contributed by atoms with Crippen LogP contribution in [0.15, 0.2) is 76.8 Å². The van der Waals surface area contributed by atoms with E-state index in [9.17, 15) is 9.59 Å². The van der Waals surface area contributed by atoms with Crippen LogP contribution in [0.4, 0.5) is 5.13 Å². The largest absolute Gasteiger partial charge is 0.288 e. The SMILES string of the molecule is CCN(C(=O)CSc1nc2ccccc2c(=O)n1-c1cc(C)ccn1)c1nc2ccccc2s1. The summed E-state index contributed by atoms with van der Waals surface area (Å²) in [6, 6.07) is 18.7. The molecule has 9 heteroatoms. The van der Waals surface area contributed by atoms with Crippen LogP contribution in [0.3, 0.4) is 0 Å². The Balaban J connectivity index is 1.50. The smallest absolute Gasteiger partial charge is 0.267 e. The van der Waals surface area contributed by atoms with E-state index >= 15 is 0 Å². The maximum Gasteiger partial charge on any atom is 0.267 e. The Kier molecular flexibility index (Phi) is 6.12. The highest BCUT2D eigenvalue weighted by Gasteiger charge is 2.21. The number of carbonyl (C=O) groups is 1. The maximum atomic E-state index is 13.4. The van der Waals surface area contributed by atoms with Crippen molar-refractivity contribution in [1.29, 1.82) is 0 Å². The number of anilines is 1. The van der Waals surface area contributed by atoms with Crippen molar-refractivity contribution in [1.82, 2.24) is 19.5 Å². The molecular weight excluding hydrogens is 466 g/mol. The van der Waals surface area contributed by atoms with E-state index in [0.717, 1.165) is 15.8 Å². The second-order valence-corrected chi connectivity index (χ2v) is 9.59. The van der Waals surface area contributed by atoms with Gasteiger partial charge in [0.05, 0.1) is 26.9 Å². The van der Waals surface area contributed by atoms with Crippen molar-refractivity contribution in [2.45, 2.75) is 19.0 Å². The molecule has 0 aliphatic heterocycles. The molecule has 0 bridgehead atoms. The molecule has 0 aliphatic carbocycles. The van der Waals surface area contributed by atoms with Gasteiger partial charge in [0.15, 0.2) is 10.3 Å². The van der Waals surface area contributed by atoms with Crippen LogP contribution >= 0.6 is 23.1 Å². The molecule has 7 nitrogen and oxygen atoms in total. The van der Waals surface area contributed by atoms with E-state index in [0.29, 0.717) is 33.6 Å². The Morgan fingerprint density at radius 2 is 1.82 bits per heavy atom. The second kappa shape index (κ2) is 9.36. The van der Waals surface area contributed by atoms with E-state index in [2.05, 4.69) is 9.97 Å². The van der Waals surface area contributed by atoms with E-state index in [-0.39, 0.29) is 17.2 Å². The number of aryl methyl sites for hydroxylation is 1. The topological polar surface area (TPSA) is 81.0 Å². The standard InChI is InChI=1S/C25H21N5O2S2/c1-3-29(24-28-19-10-6-7-11-20(19)34-24)22(31)15-33-25-27-18-9-5-4-8-17(18)23(32)30(25)21-14-16(2)12-13-26-21/h4-14H,3,15H2,1-2H3. The summed E-state index contributed by atoms with van der Waals surface area (Å²) in [4.78, 5) is 42.0. The molecule has 0 fully saturated rings. The number of fused-ring (bicyclic) bond motifs is 2. The third-order valence-electron chi connectivity index (χ3n) is 5.33. The van der Waals surface area contributed by atoms with Gasteiger partial charge in [-0.1, -0.05) is 47.4 Å². The first-order valence-corrected chi connectivity index (χ1v) is 12.6. The van der Waals surface area contributed by atoms with Gasteiger partial charge in [-0.25, -0.2) is 19.5 Å². The van der Waals surface area contributed by atoms with Crippen molar-refractivity contribution in [2.75, 3.05) is 17.2 Å². The highest BCUT2D eigenvalue weighted by atomic mass is 32.2. The van der Waals surface area contributed by atoms with Crippen LogP contribution in [-0.2, 0) is 4.79 Å². The third-order valence-corrected chi connectivity index (χ3v) is 7.31. The van der Waals surface area contributed by atoms with Crippen LogP contribution in [-0.4, -0.2) is 37.7 Å². The van der Waals surface area contributed by atoms with Crippen LogP contribution in [0.1, 0.15) is 12.5 Å². The Labute approximate surface area is 204 Å². The Hall–Kier alpha value is -3.56. The fourth-order valence-corrected chi connectivity index (χ4v) is 5.58. The minimum Gasteiger partial charge on any atom is -0.288 e. The van der Waals surface area contributed by atoms with Crippen LogP contribution in [0.5, 0.6) is 0 Å². The molecular formula is C25H21N5O2S2. The molecule has 0 atom stereocenters. The molecule has 0 unspecified atom stereocenters. The van der Waals surface area contributed by atoms with Gasteiger partial charge in [-0.2, -0.15) is 0 Å². The molecule has 0 saturated heterocycles. The zero-order chi connectivity index (χ0) is 23.7. The summed E-state index contributed by atoms with van der Waals surface area (Å²) in [6.45, 7) is 4.37. The van der Waals surface area contributed by atoms with Crippen LogP contribution in [0.25, 0.3) is 26.9 Å². The molecule has 3 heterocycles. The first-order chi connectivity index (χ1) is 16.5. The lowest BCUT2D eigenvalue weighted by Crippen LogP contribution is -2.32. The summed E-state index contributed by atoms with van der Waals surface area (Å²) in [5.74, 6) is 0.495. The third kappa shape index (κ3) is 4.20. The number of aromatic nitrogens is 4. The predicted molar refractivity (Wildman–Crippen MR) is 138 cm³/mol. The zero-order valence-corrected chi connectivity index (χ0v) is 20.3. The minimum atomic E-state index is -0.211. The number of thiazole rings is 1. The molecule has 0 N–H and O–H groups in total. The van der Waals surface area contributed by atoms with Crippen molar-refractivity contribution in [3.05, 3.63) is 82.8 Å². The van der Waals surface area contributed by atoms with Crippen LogP contribution in [0, 0.1) is 6.92 Å². The van der Waals surface area contributed by atoms with Gasteiger partial charge in [0, 0.05) is 12.7 Å². The number of pyridine rings is 1. The van der Waals surface area contributed by atoms with Gasteiger partial charge in [-0.3, -0.25) is 14.5 Å². The van der Waals surface area contributed by atoms with E-state index in [1.54, 1.807) is 23.2 Å². The van der Waals surface area contributed by atoms with Crippen molar-refractivity contribution >= 4 is 55.3 Å². The number of para-hydroxylation sites is 2. The lowest BCUT2D eigenvalue weighted by Gasteiger charge is -2.18. The molecule has 3 aromatic heterocycles. The van der Waals surface area contributed by atoms with Gasteiger partial charge < -0.3 is 0 Å². The Morgan fingerprint density at radius 1 is 1.06 bits per heavy atom. The summed E-state index contributed by atoms with van der Waals surface area (Å²) in [5, 5.41) is 1.60. The number of hydrogen-bond donors (Lipinski definition) is 0. The summed E-state index contributed by atoms with van der Waals surface area (Å²) < 4.78 is 2.52. The number of carbonyl (C=O) groups excluding carboxylic acids is 1. The van der Waals surface area contributed by atoms with Crippen molar-refractivity contribution in [3.63, 3.8) is 0 Å². The monoisotopic (exact) mass is 487 g/mol. The minimum absolute atomic E-state index is 0.0993. The maximum absolute atomic E-state index is 13.4. The average Bonchev–Trinajstić information content (AvgIpc) is 3.27. The highest BCUT2D eigenvalue weighted by Crippen LogP contribution is 2.29. The molecule has 0 spiro atoms. The van der Waals surface area contributed by atoms with Gasteiger partial charge in [-0.05, 0) is 55.8 Å². The first kappa shape index (κ1) is 22.2. The number of amides is 1. The summed E-state index contributed by atoms with van der Waals surface area (Å²) >= 11 is 2.72. The van der Waals surface area contributed by atoms with Crippen molar-refractivity contribution in [3.8, 4) is 5.82 Å². The molecule has 0 saturated carbocycles. The molecule has 1 amide bonds. The van der Waals surface area contributed by atoms with Crippen LogP contribution in [0.2, 0.25) is 0 Å². The fourth-order valence-electron chi connectivity index (χ4n) is 3.65. The summed E-state index contributed by atoms with van der Waals surface area (Å²) in [5.41, 5.74) is 2.23. The van der Waals surface area contributed by atoms with Gasteiger partial charge in [0.1, 0.15) is 5.82 Å². The summed E-state index contributed by atoms with van der Waals surface area (Å²) in [7, 11) is 0. The predicted octanol–water partition coefficient (Wildman–Crippen LogP) is 4.84. The molecule has 34 heavy (non-hydrogen) atoms. The number of thioether (sulfide) groups is 1. The average molecular weight is 488 g/mol. The zero-order valence-electron chi connectivity index (χ0n) is 18.6. The van der Waals surface area contributed by atoms with Crippen molar-refractivity contribution in [2.24, 2.45) is 0 Å². The lowest BCUT2D eigenvalue weighted by molar-refractivity contribution is -0.116. The highest BCUT2D eigenvalue weighted by molar-refractivity contribution is 7.99. The Bertz CT molecular complexity index is 1540. The Morgan fingerprint density at radius 3 is 2.59 bits per heavy atom. The lowest BCUT2D eigenvalue weighted by atomic mass is 10.2. The number of benzene rings is 2. The van der Waals surface area contributed by atoms with E-state index < -0.39 is 0 Å². The fraction of sp³-hybridized carbons (Fsp3) is 0.160. The van der Waals surface area contributed by atoms with Gasteiger partial charge >= 0.3 is 0 Å². The number of rotatable bonds is 6. The quantitative estimate of drug-likeness (QED) is 0.252. The molecule has 2 aromatic carbocycles. The van der Waals surface area contributed by atoms with Gasteiger partial charge in [0.2, 0.25) is 5.91 Å². The number of hydrogen-bond acceptors (Lipinski definition) is 7. The van der Waals surface area contributed by atoms with Gasteiger partial charge in [0.25, 0.3) is 5.56 Å². The first-order valence-electron chi connectivity index (χ1n) is 10.8. The second-order valence-electron chi connectivity index (χ2n) is 7.63. The normalized spacial score (nSPS) is 11.2. The molecule has 170 valence electrons. The molecule has 5 rings (SSSR count). The molecule has 0 aliphatic rings. The van der Waals surface area contributed by atoms with Crippen LogP contribution < -0.4 is 10.5 Å². The summed E-state index contributed by atoms with van der Waals surface area (Å²) in [6.07, 6.45) is 1.66. The van der Waals surface area contributed by atoms with E-state index in [1.807, 2.05) is 62.4 Å². The molecule has 5 aromatic rings. The van der Waals surface area contributed by atoms with Crippen molar-refractivity contribution < 1.29 is 4.79 Å². The number of nitrogens with zero attached hydrogens (tertiary/aromatic N) is 5.